The van der Waals surface area contributed by atoms with Crippen LogP contribution in [0.5, 0.6) is 11.5 Å². The highest BCUT2D eigenvalue weighted by atomic mass is 16.6. The minimum absolute atomic E-state index is 0.0199. The van der Waals surface area contributed by atoms with E-state index < -0.39 is 11.0 Å². The fourth-order valence-electron chi connectivity index (χ4n) is 8.98. The van der Waals surface area contributed by atoms with Gasteiger partial charge in [0.1, 0.15) is 6.10 Å². The van der Waals surface area contributed by atoms with Gasteiger partial charge in [0.2, 0.25) is 0 Å². The molecule has 0 radical (unpaired) electrons. The van der Waals surface area contributed by atoms with Gasteiger partial charge >= 0.3 is 5.97 Å². The van der Waals surface area contributed by atoms with E-state index in [1.54, 1.807) is 0 Å². The van der Waals surface area contributed by atoms with Crippen molar-refractivity contribution in [3.05, 3.63) is 71.8 Å². The van der Waals surface area contributed by atoms with Gasteiger partial charge in [-0.3, -0.25) is 14.6 Å². The van der Waals surface area contributed by atoms with Gasteiger partial charge in [0.15, 0.2) is 11.5 Å². The monoisotopic (exact) mass is 572 g/mol. The second-order valence-electron chi connectivity index (χ2n) is 13.3. The highest BCUT2D eigenvalue weighted by molar-refractivity contribution is 5.72. The Kier molecular flexibility index (Phi) is 8.25. The lowest BCUT2D eigenvalue weighted by Crippen LogP contribution is -2.78. The number of esters is 1. The van der Waals surface area contributed by atoms with Crippen molar-refractivity contribution < 1.29 is 19.4 Å². The number of hydrogen-bond acceptors (Lipinski definition) is 6. The lowest BCUT2D eigenvalue weighted by Gasteiger charge is -2.65. The summed E-state index contributed by atoms with van der Waals surface area (Å²) >= 11 is 0. The van der Waals surface area contributed by atoms with Crippen molar-refractivity contribution in [3.8, 4) is 11.5 Å². The Bertz CT molecular complexity index is 1290. The van der Waals surface area contributed by atoms with Crippen molar-refractivity contribution in [2.75, 3.05) is 19.6 Å². The van der Waals surface area contributed by atoms with Crippen molar-refractivity contribution in [2.45, 2.75) is 114 Å². The zero-order chi connectivity index (χ0) is 29.5. The summed E-state index contributed by atoms with van der Waals surface area (Å²) in [6.45, 7) is 12.7. The number of nitrogens with zero attached hydrogens (tertiary/aromatic N) is 2. The zero-order valence-corrected chi connectivity index (χ0v) is 25.7. The minimum Gasteiger partial charge on any atom is -0.483 e. The number of likely N-dealkylation sites (tertiary alicyclic amines) is 1. The third kappa shape index (κ3) is 4.80. The van der Waals surface area contributed by atoms with Crippen LogP contribution < -0.4 is 9.47 Å². The average Bonchev–Trinajstić information content (AvgIpc) is 3.32. The van der Waals surface area contributed by atoms with Crippen LogP contribution in [0.1, 0.15) is 82.4 Å². The molecule has 42 heavy (non-hydrogen) atoms. The third-order valence-corrected chi connectivity index (χ3v) is 10.7. The van der Waals surface area contributed by atoms with Crippen LogP contribution in [0.15, 0.2) is 55.1 Å². The van der Waals surface area contributed by atoms with E-state index in [2.05, 4.69) is 66.6 Å². The number of aryl methyl sites for hydroxylation is 1. The number of piperidine rings is 1. The van der Waals surface area contributed by atoms with E-state index in [0.29, 0.717) is 17.5 Å². The molecule has 2 heterocycles. The molecule has 1 saturated carbocycles. The molecule has 6 nitrogen and oxygen atoms in total. The van der Waals surface area contributed by atoms with Gasteiger partial charge < -0.3 is 14.6 Å². The van der Waals surface area contributed by atoms with Crippen LogP contribution in [0.4, 0.5) is 0 Å². The molecule has 2 aromatic carbocycles. The highest BCUT2D eigenvalue weighted by Crippen LogP contribution is 2.66. The van der Waals surface area contributed by atoms with Gasteiger partial charge in [-0.2, -0.15) is 0 Å². The summed E-state index contributed by atoms with van der Waals surface area (Å²) < 4.78 is 12.7. The molecule has 6 rings (SSSR count). The van der Waals surface area contributed by atoms with Crippen molar-refractivity contribution in [3.63, 3.8) is 0 Å². The normalized spacial score (nSPS) is 29.3. The second kappa shape index (κ2) is 11.8. The molecule has 1 spiro atoms. The van der Waals surface area contributed by atoms with Crippen LogP contribution in [-0.2, 0) is 23.1 Å². The molecular formula is C36H48N2O4. The molecule has 2 fully saturated rings. The fourth-order valence-corrected chi connectivity index (χ4v) is 8.98. The Morgan fingerprint density at radius 3 is 2.69 bits per heavy atom. The van der Waals surface area contributed by atoms with Gasteiger partial charge in [-0.05, 0) is 89.1 Å². The molecule has 1 N–H and O–H groups in total. The Morgan fingerprint density at radius 1 is 1.17 bits per heavy atom. The largest absolute Gasteiger partial charge is 0.483 e. The first-order valence-electron chi connectivity index (χ1n) is 16.2. The summed E-state index contributed by atoms with van der Waals surface area (Å²) in [6, 6.07) is 15.3. The second-order valence-corrected chi connectivity index (χ2v) is 13.3. The van der Waals surface area contributed by atoms with Crippen molar-refractivity contribution >= 4 is 5.97 Å². The molecule has 2 unspecified atom stereocenters. The molecular weight excluding hydrogens is 524 g/mol. The smallest absolute Gasteiger partial charge is 0.308 e. The maximum atomic E-state index is 12.8. The maximum Gasteiger partial charge on any atom is 0.308 e. The van der Waals surface area contributed by atoms with Gasteiger partial charge in [0.25, 0.3) is 0 Å². The van der Waals surface area contributed by atoms with E-state index in [9.17, 15) is 9.90 Å². The van der Waals surface area contributed by atoms with E-state index >= 15 is 0 Å². The fraction of sp³-hybridized carbons (Fsp3) is 0.583. The van der Waals surface area contributed by atoms with E-state index in [1.807, 2.05) is 12.1 Å². The van der Waals surface area contributed by atoms with Crippen LogP contribution in [0.25, 0.3) is 0 Å². The van der Waals surface area contributed by atoms with Crippen LogP contribution >= 0.6 is 0 Å². The van der Waals surface area contributed by atoms with Crippen LogP contribution in [0.3, 0.4) is 0 Å². The van der Waals surface area contributed by atoms with E-state index in [-0.39, 0.29) is 24.2 Å². The molecule has 4 aliphatic rings. The number of carbonyl (C=O) groups is 1. The predicted molar refractivity (Wildman–Crippen MR) is 166 cm³/mol. The molecule has 6 heteroatoms. The molecule has 0 aromatic heterocycles. The standard InChI is InChI=1S/C36H48N2O4/c1-5-21-37-23-20-35-32-28-16-17-30(41-26(4)39)33(32)42-34(35)29(18-19-36(35,40)31(37)24-28)38(25(2)3)22-12-7-6-9-13-27-14-10-8-11-15-27/h5,8,10-11,14-17,25,29,31,34,40H,1,6-7,9,12-13,18-24H2,2-4H3/t29?,31-,34?,35+,36-/m1/s1. The molecule has 0 amide bonds. The van der Waals surface area contributed by atoms with Gasteiger partial charge in [0, 0.05) is 37.2 Å². The number of carbonyl (C=O) groups excluding carboxylic acids is 1. The summed E-state index contributed by atoms with van der Waals surface area (Å²) in [7, 11) is 0. The van der Waals surface area contributed by atoms with Gasteiger partial charge in [-0.1, -0.05) is 55.3 Å². The zero-order valence-electron chi connectivity index (χ0n) is 25.7. The Labute approximate surface area is 251 Å². The van der Waals surface area contributed by atoms with Gasteiger partial charge in [0.05, 0.1) is 11.0 Å². The summed E-state index contributed by atoms with van der Waals surface area (Å²) in [4.78, 5) is 17.1. The number of rotatable bonds is 12. The number of hydrogen-bond donors (Lipinski definition) is 1. The summed E-state index contributed by atoms with van der Waals surface area (Å²) in [5.74, 6) is 0.838. The van der Waals surface area contributed by atoms with Gasteiger partial charge in [-0.15, -0.1) is 6.58 Å². The number of ether oxygens (including phenoxy) is 2. The molecule has 226 valence electrons. The summed E-state index contributed by atoms with van der Waals surface area (Å²) in [6.07, 6.45) is 11.0. The van der Waals surface area contributed by atoms with E-state index in [0.717, 1.165) is 63.7 Å². The Balaban J connectivity index is 1.26. The lowest BCUT2D eigenvalue weighted by molar-refractivity contribution is -0.200. The minimum atomic E-state index is -0.900. The maximum absolute atomic E-state index is 12.8. The van der Waals surface area contributed by atoms with Crippen molar-refractivity contribution in [2.24, 2.45) is 0 Å². The molecule has 2 aromatic rings. The molecule has 5 atom stereocenters. The van der Waals surface area contributed by atoms with E-state index in [1.165, 1.54) is 37.3 Å². The average molecular weight is 573 g/mol. The number of aliphatic hydroxyl groups is 1. The molecule has 2 aliphatic carbocycles. The first-order chi connectivity index (χ1) is 20.3. The predicted octanol–water partition coefficient (Wildman–Crippen LogP) is 5.83. The summed E-state index contributed by atoms with van der Waals surface area (Å²) in [5, 5.41) is 12.8. The van der Waals surface area contributed by atoms with Crippen LogP contribution in [-0.4, -0.2) is 70.3 Å². The third-order valence-electron chi connectivity index (χ3n) is 10.7. The lowest BCUT2D eigenvalue weighted by atomic mass is 9.48. The van der Waals surface area contributed by atoms with Crippen molar-refractivity contribution in [1.29, 1.82) is 0 Å². The van der Waals surface area contributed by atoms with E-state index in [4.69, 9.17) is 9.47 Å². The quantitative estimate of drug-likeness (QED) is 0.149. The Hall–Kier alpha value is -2.67. The molecule has 2 bridgehead atoms. The SMILES string of the molecule is C=CCN1CC[C@]23c4c5ccc(OC(C)=O)c4OC2C(N(CCCCCCc2ccccc2)C(C)C)CC[C@@]3(O)[C@H]1C5. The number of unbranched alkanes of at least 4 members (excludes halogenated alkanes) is 3. The topological polar surface area (TPSA) is 62.2 Å². The van der Waals surface area contributed by atoms with Crippen LogP contribution in [0, 0.1) is 0 Å². The first-order valence-corrected chi connectivity index (χ1v) is 16.2. The highest BCUT2D eigenvalue weighted by Gasteiger charge is 2.73. The Morgan fingerprint density at radius 2 is 1.95 bits per heavy atom. The molecule has 2 aliphatic heterocycles. The first kappa shape index (κ1) is 29.4. The van der Waals surface area contributed by atoms with Crippen LogP contribution in [0.2, 0.25) is 0 Å². The van der Waals surface area contributed by atoms with Crippen molar-refractivity contribution in [1.82, 2.24) is 9.80 Å². The van der Waals surface area contributed by atoms with Gasteiger partial charge in [-0.25, -0.2) is 0 Å². The molecule has 1 saturated heterocycles. The summed E-state index contributed by atoms with van der Waals surface area (Å²) in [5.41, 5.74) is 2.34. The number of benzene rings is 2.